The zero-order valence-corrected chi connectivity index (χ0v) is 13.8. The van der Waals surface area contributed by atoms with Crippen molar-refractivity contribution < 1.29 is 9.53 Å². The first-order valence-corrected chi connectivity index (χ1v) is 8.23. The molecule has 0 aliphatic carbocycles. The highest BCUT2D eigenvalue weighted by Gasteiger charge is 2.07. The Kier molecular flexibility index (Phi) is 8.50. The van der Waals surface area contributed by atoms with Crippen LogP contribution in [-0.4, -0.2) is 38.7 Å². The molecule has 0 aliphatic rings. The highest BCUT2D eigenvalue weighted by molar-refractivity contribution is 7.07. The average Bonchev–Trinajstić information content (AvgIpc) is 3.01. The average molecular weight is 311 g/mol. The van der Waals surface area contributed by atoms with Gasteiger partial charge in [-0.3, -0.25) is 9.79 Å². The summed E-state index contributed by atoms with van der Waals surface area (Å²) in [7, 11) is 1.75. The number of guanidine groups is 1. The van der Waals surface area contributed by atoms with Gasteiger partial charge in [0.05, 0.1) is 6.61 Å². The number of nitrogens with zero attached hydrogens (tertiary/aromatic N) is 1. The topological polar surface area (TPSA) is 62.7 Å². The molecule has 0 fully saturated rings. The van der Waals surface area contributed by atoms with Crippen molar-refractivity contribution in [2.24, 2.45) is 4.99 Å². The van der Waals surface area contributed by atoms with Crippen molar-refractivity contribution in [3.05, 3.63) is 22.4 Å². The fourth-order valence-electron chi connectivity index (χ4n) is 1.82. The Morgan fingerprint density at radius 2 is 2.29 bits per heavy atom. The zero-order chi connectivity index (χ0) is 15.5. The molecule has 1 unspecified atom stereocenters. The summed E-state index contributed by atoms with van der Waals surface area (Å²) in [5.74, 6) is 1.06. The molecule has 2 N–H and O–H groups in total. The highest BCUT2D eigenvalue weighted by Crippen LogP contribution is 2.16. The summed E-state index contributed by atoms with van der Waals surface area (Å²) in [6.45, 7) is 5.97. The molecule has 1 heterocycles. The number of esters is 1. The first-order chi connectivity index (χ1) is 10.2. The first kappa shape index (κ1) is 17.5. The van der Waals surface area contributed by atoms with Crippen molar-refractivity contribution in [2.75, 3.05) is 26.7 Å². The van der Waals surface area contributed by atoms with E-state index in [9.17, 15) is 4.79 Å². The summed E-state index contributed by atoms with van der Waals surface area (Å²) in [6.07, 6.45) is 1.17. The van der Waals surface area contributed by atoms with Gasteiger partial charge < -0.3 is 15.4 Å². The van der Waals surface area contributed by atoms with Gasteiger partial charge in [0.1, 0.15) is 0 Å². The van der Waals surface area contributed by atoms with Crippen molar-refractivity contribution in [1.82, 2.24) is 10.6 Å². The normalized spacial score (nSPS) is 12.8. The van der Waals surface area contributed by atoms with Crippen molar-refractivity contribution in [3.8, 4) is 0 Å². The maximum atomic E-state index is 11.2. The van der Waals surface area contributed by atoms with E-state index in [-0.39, 0.29) is 5.97 Å². The van der Waals surface area contributed by atoms with Crippen LogP contribution in [0.4, 0.5) is 0 Å². The van der Waals surface area contributed by atoms with Crippen LogP contribution < -0.4 is 10.6 Å². The summed E-state index contributed by atoms with van der Waals surface area (Å²) in [5, 5.41) is 10.8. The summed E-state index contributed by atoms with van der Waals surface area (Å²) >= 11 is 1.71. The predicted octanol–water partition coefficient (Wildman–Crippen LogP) is 2.36. The largest absolute Gasteiger partial charge is 0.466 e. The fourth-order valence-corrected chi connectivity index (χ4v) is 2.60. The Labute approximate surface area is 130 Å². The van der Waals surface area contributed by atoms with Crippen LogP contribution in [0.2, 0.25) is 0 Å². The molecule has 6 heteroatoms. The van der Waals surface area contributed by atoms with Crippen LogP contribution in [0.1, 0.15) is 38.2 Å². The number of ether oxygens (including phenoxy) is 1. The van der Waals surface area contributed by atoms with Crippen LogP contribution in [0.3, 0.4) is 0 Å². The molecule has 1 aromatic heterocycles. The summed E-state index contributed by atoms with van der Waals surface area (Å²) in [4.78, 5) is 15.4. The van der Waals surface area contributed by atoms with E-state index >= 15 is 0 Å². The van der Waals surface area contributed by atoms with Gasteiger partial charge in [-0.1, -0.05) is 6.92 Å². The lowest BCUT2D eigenvalue weighted by Crippen LogP contribution is -2.39. The minimum absolute atomic E-state index is 0.145. The number of nitrogens with one attached hydrogen (secondary N) is 2. The predicted molar refractivity (Wildman–Crippen MR) is 88.0 cm³/mol. The van der Waals surface area contributed by atoms with Gasteiger partial charge in [0.2, 0.25) is 0 Å². The fraction of sp³-hybridized carbons (Fsp3) is 0.600. The van der Waals surface area contributed by atoms with Gasteiger partial charge in [0.15, 0.2) is 5.96 Å². The third-order valence-electron chi connectivity index (χ3n) is 3.07. The number of hydrogen-bond acceptors (Lipinski definition) is 4. The summed E-state index contributed by atoms with van der Waals surface area (Å²) in [6, 6.07) is 2.15. The molecular weight excluding hydrogens is 286 g/mol. The molecular formula is C15H25N3O2S. The van der Waals surface area contributed by atoms with Gasteiger partial charge in [-0.05, 0) is 41.7 Å². The van der Waals surface area contributed by atoms with Crippen molar-refractivity contribution >= 4 is 23.3 Å². The van der Waals surface area contributed by atoms with Crippen LogP contribution >= 0.6 is 11.3 Å². The minimum atomic E-state index is -0.145. The van der Waals surface area contributed by atoms with Gasteiger partial charge in [0, 0.05) is 26.6 Å². The Morgan fingerprint density at radius 3 is 2.90 bits per heavy atom. The molecule has 118 valence electrons. The molecule has 0 aromatic carbocycles. The van der Waals surface area contributed by atoms with E-state index in [1.807, 2.05) is 6.92 Å². The maximum absolute atomic E-state index is 11.2. The lowest BCUT2D eigenvalue weighted by molar-refractivity contribution is -0.143. The van der Waals surface area contributed by atoms with Gasteiger partial charge >= 0.3 is 5.97 Å². The summed E-state index contributed by atoms with van der Waals surface area (Å²) in [5.41, 5.74) is 1.34. The first-order valence-electron chi connectivity index (χ1n) is 7.29. The van der Waals surface area contributed by atoms with Gasteiger partial charge in [0.25, 0.3) is 0 Å². The SMILES string of the molecule is CCOC(=O)CCCNC(=NC)NCC(C)c1ccsc1. The van der Waals surface area contributed by atoms with Crippen molar-refractivity contribution in [3.63, 3.8) is 0 Å². The molecule has 1 aromatic rings. The van der Waals surface area contributed by atoms with E-state index in [4.69, 9.17) is 4.74 Å². The number of thiophene rings is 1. The van der Waals surface area contributed by atoms with Crippen LogP contribution in [0.25, 0.3) is 0 Å². The monoisotopic (exact) mass is 311 g/mol. The smallest absolute Gasteiger partial charge is 0.305 e. The molecule has 1 atom stereocenters. The second kappa shape index (κ2) is 10.2. The minimum Gasteiger partial charge on any atom is -0.466 e. The number of carbonyl (C=O) groups excluding carboxylic acids is 1. The molecule has 0 aliphatic heterocycles. The number of rotatable bonds is 8. The van der Waals surface area contributed by atoms with E-state index in [1.54, 1.807) is 18.4 Å². The second-order valence-electron chi connectivity index (χ2n) is 4.75. The van der Waals surface area contributed by atoms with Gasteiger partial charge in [-0.2, -0.15) is 11.3 Å². The standard InChI is InChI=1S/C15H25N3O2S/c1-4-20-14(19)6-5-8-17-15(16-3)18-10-12(2)13-7-9-21-11-13/h7,9,11-12H,4-6,8,10H2,1-3H3,(H2,16,17,18). The Morgan fingerprint density at radius 1 is 1.48 bits per heavy atom. The molecule has 0 amide bonds. The Balaban J connectivity index is 2.19. The molecule has 0 spiro atoms. The Hall–Kier alpha value is -1.56. The van der Waals surface area contributed by atoms with Crippen LogP contribution in [-0.2, 0) is 9.53 Å². The molecule has 0 saturated heterocycles. The number of hydrogen-bond donors (Lipinski definition) is 2. The van der Waals surface area contributed by atoms with E-state index in [1.165, 1.54) is 5.56 Å². The number of carbonyl (C=O) groups is 1. The van der Waals surface area contributed by atoms with Crippen LogP contribution in [0, 0.1) is 0 Å². The lowest BCUT2D eigenvalue weighted by atomic mass is 10.1. The third-order valence-corrected chi connectivity index (χ3v) is 3.77. The highest BCUT2D eigenvalue weighted by atomic mass is 32.1. The van der Waals surface area contributed by atoms with Crippen LogP contribution in [0.5, 0.6) is 0 Å². The van der Waals surface area contributed by atoms with E-state index in [2.05, 4.69) is 39.4 Å². The quantitative estimate of drug-likeness (QED) is 0.335. The van der Waals surface area contributed by atoms with Crippen LogP contribution in [0.15, 0.2) is 21.8 Å². The van der Waals surface area contributed by atoms with Crippen molar-refractivity contribution in [1.29, 1.82) is 0 Å². The Bertz CT molecular complexity index is 432. The molecule has 0 radical (unpaired) electrons. The molecule has 21 heavy (non-hydrogen) atoms. The van der Waals surface area contributed by atoms with Gasteiger partial charge in [-0.15, -0.1) is 0 Å². The zero-order valence-electron chi connectivity index (χ0n) is 13.0. The third kappa shape index (κ3) is 7.13. The maximum Gasteiger partial charge on any atom is 0.305 e. The molecule has 0 saturated carbocycles. The second-order valence-corrected chi connectivity index (χ2v) is 5.53. The summed E-state index contributed by atoms with van der Waals surface area (Å²) < 4.78 is 4.88. The number of aliphatic imine (C=N–C) groups is 1. The van der Waals surface area contributed by atoms with Crippen molar-refractivity contribution in [2.45, 2.75) is 32.6 Å². The van der Waals surface area contributed by atoms with E-state index in [0.717, 1.165) is 18.9 Å². The van der Waals surface area contributed by atoms with E-state index in [0.29, 0.717) is 25.5 Å². The van der Waals surface area contributed by atoms with Gasteiger partial charge in [-0.25, -0.2) is 0 Å². The molecule has 5 nitrogen and oxygen atoms in total. The van der Waals surface area contributed by atoms with E-state index < -0.39 is 0 Å². The molecule has 0 bridgehead atoms. The molecule has 1 rings (SSSR count). The lowest BCUT2D eigenvalue weighted by Gasteiger charge is -2.15.